The zero-order chi connectivity index (χ0) is 28.2. The molecular formula is C22H25F2N9O6. The Balaban J connectivity index is 0.000000187. The lowest BCUT2D eigenvalue weighted by Crippen LogP contribution is -2.37. The fourth-order valence-corrected chi connectivity index (χ4v) is 3.98. The van der Waals surface area contributed by atoms with Gasteiger partial charge in [0.05, 0.1) is 19.7 Å². The van der Waals surface area contributed by atoms with Crippen molar-refractivity contribution in [2.75, 3.05) is 12.3 Å². The lowest BCUT2D eigenvalue weighted by Gasteiger charge is -2.28. The van der Waals surface area contributed by atoms with Crippen molar-refractivity contribution in [3.63, 3.8) is 0 Å². The van der Waals surface area contributed by atoms with Crippen LogP contribution in [0.1, 0.15) is 11.8 Å². The Morgan fingerprint density at radius 1 is 1.03 bits per heavy atom. The molecule has 1 saturated heterocycles. The van der Waals surface area contributed by atoms with Crippen LogP contribution >= 0.6 is 0 Å². The van der Waals surface area contributed by atoms with Crippen LogP contribution in [0.2, 0.25) is 0 Å². The molecule has 1 aliphatic rings. The summed E-state index contributed by atoms with van der Waals surface area (Å²) in [6.45, 7) is -0.600. The number of ether oxygens (including phenoxy) is 1. The summed E-state index contributed by atoms with van der Waals surface area (Å²) in [5, 5.41) is 46.9. The average Bonchev–Trinajstić information content (AvgIpc) is 3.64. The topological polar surface area (TPSA) is 212 Å². The van der Waals surface area contributed by atoms with Gasteiger partial charge >= 0.3 is 5.69 Å². The van der Waals surface area contributed by atoms with Crippen LogP contribution in [0.25, 0.3) is 0 Å². The second-order valence-electron chi connectivity index (χ2n) is 8.61. The summed E-state index contributed by atoms with van der Waals surface area (Å²) in [5.41, 5.74) is 2.88. The maximum Gasteiger partial charge on any atom is 0.351 e. The highest BCUT2D eigenvalue weighted by Gasteiger charge is 2.43. The number of benzene rings is 1. The molecule has 4 atom stereocenters. The number of aliphatic hydroxyl groups excluding tert-OH is 3. The third kappa shape index (κ3) is 6.29. The number of hydrogen-bond acceptors (Lipinski definition) is 12. The van der Waals surface area contributed by atoms with E-state index in [-0.39, 0.29) is 24.5 Å². The van der Waals surface area contributed by atoms with Crippen molar-refractivity contribution in [2.45, 2.75) is 43.2 Å². The number of halogens is 2. The fourth-order valence-electron chi connectivity index (χ4n) is 3.98. The number of nitrogen functional groups attached to an aromatic ring is 1. The van der Waals surface area contributed by atoms with Crippen molar-refractivity contribution in [1.82, 2.24) is 39.1 Å². The molecule has 0 amide bonds. The Kier molecular flexibility index (Phi) is 8.36. The SMILES string of the molecule is Nc1ccn([C@@H]2O[C@H](CO)[C@@H](O)[C@H]2O)c(=O)n1.OC(Cn1cncn1)(Cn1cncn1)c1ccc(F)cc1F. The molecule has 0 spiro atoms. The largest absolute Gasteiger partial charge is 0.394 e. The van der Waals surface area contributed by atoms with E-state index in [9.17, 15) is 28.9 Å². The van der Waals surface area contributed by atoms with Crippen LogP contribution in [0.5, 0.6) is 0 Å². The Bertz CT molecular complexity index is 1380. The third-order valence-corrected chi connectivity index (χ3v) is 5.86. The van der Waals surface area contributed by atoms with E-state index in [2.05, 4.69) is 25.1 Å². The van der Waals surface area contributed by atoms with Gasteiger partial charge in [0.1, 0.15) is 66.7 Å². The van der Waals surface area contributed by atoms with Gasteiger partial charge in [0.25, 0.3) is 0 Å². The quantitative estimate of drug-likeness (QED) is 0.172. The molecule has 4 heterocycles. The minimum absolute atomic E-state index is 0.0537. The smallest absolute Gasteiger partial charge is 0.351 e. The van der Waals surface area contributed by atoms with Crippen molar-refractivity contribution in [1.29, 1.82) is 0 Å². The molecule has 0 bridgehead atoms. The highest BCUT2D eigenvalue weighted by Crippen LogP contribution is 2.29. The number of hydrogen-bond donors (Lipinski definition) is 5. The summed E-state index contributed by atoms with van der Waals surface area (Å²) in [7, 11) is 0. The molecule has 1 aromatic carbocycles. The van der Waals surface area contributed by atoms with Gasteiger partial charge in [0.15, 0.2) is 6.23 Å². The van der Waals surface area contributed by atoms with Gasteiger partial charge in [-0.2, -0.15) is 15.2 Å². The van der Waals surface area contributed by atoms with Gasteiger partial charge in [-0.05, 0) is 12.1 Å². The van der Waals surface area contributed by atoms with Crippen LogP contribution < -0.4 is 11.4 Å². The van der Waals surface area contributed by atoms with E-state index < -0.39 is 54.1 Å². The minimum Gasteiger partial charge on any atom is -0.394 e. The molecule has 0 radical (unpaired) electrons. The minimum atomic E-state index is -1.70. The number of aromatic nitrogens is 8. The van der Waals surface area contributed by atoms with Crippen molar-refractivity contribution >= 4 is 5.82 Å². The maximum absolute atomic E-state index is 14.1. The summed E-state index contributed by atoms with van der Waals surface area (Å²) < 4.78 is 36.1. The number of nitrogens with zero attached hydrogens (tertiary/aromatic N) is 8. The van der Waals surface area contributed by atoms with E-state index in [0.29, 0.717) is 0 Å². The van der Waals surface area contributed by atoms with Crippen LogP contribution in [-0.2, 0) is 23.4 Å². The summed E-state index contributed by atoms with van der Waals surface area (Å²) in [4.78, 5) is 22.6. The summed E-state index contributed by atoms with van der Waals surface area (Å²) >= 11 is 0. The van der Waals surface area contributed by atoms with Gasteiger partial charge in [-0.25, -0.2) is 32.9 Å². The van der Waals surface area contributed by atoms with E-state index in [1.807, 2.05) is 0 Å². The van der Waals surface area contributed by atoms with E-state index in [0.717, 1.165) is 16.7 Å². The monoisotopic (exact) mass is 549 g/mol. The average molecular weight is 549 g/mol. The lowest BCUT2D eigenvalue weighted by atomic mass is 9.93. The number of rotatable bonds is 7. The molecule has 6 N–H and O–H groups in total. The Morgan fingerprint density at radius 2 is 1.67 bits per heavy atom. The maximum atomic E-state index is 14.1. The van der Waals surface area contributed by atoms with Gasteiger partial charge in [-0.1, -0.05) is 6.07 Å². The van der Waals surface area contributed by atoms with E-state index in [1.165, 1.54) is 53.0 Å². The van der Waals surface area contributed by atoms with Gasteiger partial charge in [-0.3, -0.25) is 4.57 Å². The normalized spacial score (nSPS) is 21.0. The second-order valence-corrected chi connectivity index (χ2v) is 8.61. The Labute approximate surface area is 218 Å². The Morgan fingerprint density at radius 3 is 2.15 bits per heavy atom. The van der Waals surface area contributed by atoms with Crippen molar-refractivity contribution in [3.05, 3.63) is 83.5 Å². The predicted octanol–water partition coefficient (Wildman–Crippen LogP) is -1.83. The molecule has 5 rings (SSSR count). The second kappa shape index (κ2) is 11.7. The van der Waals surface area contributed by atoms with E-state index >= 15 is 0 Å². The van der Waals surface area contributed by atoms with E-state index in [4.69, 9.17) is 15.6 Å². The highest BCUT2D eigenvalue weighted by molar-refractivity contribution is 5.25. The van der Waals surface area contributed by atoms with Crippen LogP contribution in [0, 0.1) is 11.6 Å². The van der Waals surface area contributed by atoms with Crippen molar-refractivity contribution < 1.29 is 33.9 Å². The zero-order valence-electron chi connectivity index (χ0n) is 20.1. The standard InChI is InChI=1S/C13H12F2N6O.C9H13N3O5/c14-10-1-2-11(12(15)3-10)13(22,4-20-8-16-6-18-20)5-21-9-17-7-19-21;10-5-1-2-12(9(16)11-5)8-7(15)6(14)4(3-13)17-8/h1-3,6-9,22H,4-5H2;1-2,4,6-8,13-15H,3H2,(H2,10,11,16)/t;4-,6-,7-,8-/m.1/s1. The third-order valence-electron chi connectivity index (χ3n) is 5.86. The summed E-state index contributed by atoms with van der Waals surface area (Å²) in [6.07, 6.45) is 2.13. The summed E-state index contributed by atoms with van der Waals surface area (Å²) in [5.74, 6) is -1.51. The molecular weight excluding hydrogens is 524 g/mol. The van der Waals surface area contributed by atoms with Gasteiger partial charge < -0.3 is 30.9 Å². The van der Waals surface area contributed by atoms with Crippen LogP contribution in [-0.4, -0.2) is 84.4 Å². The first-order valence-corrected chi connectivity index (χ1v) is 11.4. The molecule has 0 saturated carbocycles. The molecule has 17 heteroatoms. The Hall–Kier alpha value is -4.16. The first kappa shape index (κ1) is 27.9. The first-order chi connectivity index (χ1) is 18.6. The molecule has 0 unspecified atom stereocenters. The predicted molar refractivity (Wildman–Crippen MR) is 126 cm³/mol. The van der Waals surface area contributed by atoms with Gasteiger partial charge in [-0.15, -0.1) is 0 Å². The molecule has 1 aliphatic heterocycles. The molecule has 15 nitrogen and oxygen atoms in total. The zero-order valence-corrected chi connectivity index (χ0v) is 20.1. The fraction of sp³-hybridized carbons (Fsp3) is 0.364. The lowest BCUT2D eigenvalue weighted by molar-refractivity contribution is -0.0549. The first-order valence-electron chi connectivity index (χ1n) is 11.4. The molecule has 208 valence electrons. The molecule has 0 aliphatic carbocycles. The van der Waals surface area contributed by atoms with Crippen LogP contribution in [0.4, 0.5) is 14.6 Å². The van der Waals surface area contributed by atoms with Crippen LogP contribution in [0.15, 0.2) is 60.6 Å². The number of aliphatic hydroxyl groups is 4. The van der Waals surface area contributed by atoms with Crippen molar-refractivity contribution in [2.24, 2.45) is 0 Å². The van der Waals surface area contributed by atoms with Gasteiger partial charge in [0.2, 0.25) is 0 Å². The molecule has 39 heavy (non-hydrogen) atoms. The van der Waals surface area contributed by atoms with Gasteiger partial charge in [0, 0.05) is 17.8 Å². The summed E-state index contributed by atoms with van der Waals surface area (Å²) in [6, 6.07) is 4.39. The van der Waals surface area contributed by atoms with E-state index in [1.54, 1.807) is 0 Å². The van der Waals surface area contributed by atoms with Crippen LogP contribution in [0.3, 0.4) is 0 Å². The highest BCUT2D eigenvalue weighted by atomic mass is 19.1. The molecule has 4 aromatic rings. The molecule has 3 aromatic heterocycles. The van der Waals surface area contributed by atoms with Crippen molar-refractivity contribution in [3.8, 4) is 0 Å². The number of anilines is 1. The number of nitrogens with two attached hydrogens (primary N) is 1. The molecule has 1 fully saturated rings.